The Bertz CT molecular complexity index is 951. The van der Waals surface area contributed by atoms with Crippen molar-refractivity contribution in [2.45, 2.75) is 6.54 Å². The molecule has 0 atom stereocenters. The van der Waals surface area contributed by atoms with Gasteiger partial charge >= 0.3 is 0 Å². The first kappa shape index (κ1) is 9.63. The Hall–Kier alpha value is -2.27. The van der Waals surface area contributed by atoms with Gasteiger partial charge in [0.25, 0.3) is 6.33 Å². The van der Waals surface area contributed by atoms with Crippen LogP contribution in [0.25, 0.3) is 26.4 Å². The molecular formula is C14H9N4S+. The number of aromatic nitrogens is 4. The highest BCUT2D eigenvalue weighted by atomic mass is 32.1. The molecule has 4 aromatic rings. The summed E-state index contributed by atoms with van der Waals surface area (Å²) in [5, 5.41) is 0. The van der Waals surface area contributed by atoms with Gasteiger partial charge in [-0.1, -0.05) is 17.4 Å². The summed E-state index contributed by atoms with van der Waals surface area (Å²) in [6, 6.07) is 6.22. The molecule has 0 fully saturated rings. The lowest BCUT2D eigenvalue weighted by atomic mass is 10.2. The first-order chi connectivity index (χ1) is 9.42. The number of rotatable bonds is 0. The van der Waals surface area contributed by atoms with Crippen LogP contribution in [0.3, 0.4) is 0 Å². The third kappa shape index (κ3) is 1.11. The van der Waals surface area contributed by atoms with E-state index in [2.05, 4.69) is 37.4 Å². The Morgan fingerprint density at radius 2 is 2.26 bits per heavy atom. The predicted octanol–water partition coefficient (Wildman–Crippen LogP) is 2.26. The van der Waals surface area contributed by atoms with Gasteiger partial charge in [-0.05, 0) is 6.07 Å². The van der Waals surface area contributed by atoms with E-state index in [0.29, 0.717) is 0 Å². The molecule has 0 radical (unpaired) electrons. The van der Waals surface area contributed by atoms with Crippen molar-refractivity contribution in [2.75, 3.05) is 0 Å². The molecule has 0 saturated carbocycles. The van der Waals surface area contributed by atoms with Gasteiger partial charge < -0.3 is 0 Å². The van der Waals surface area contributed by atoms with E-state index in [1.807, 2.05) is 24.7 Å². The van der Waals surface area contributed by atoms with Crippen LogP contribution in [-0.4, -0.2) is 14.4 Å². The maximum atomic E-state index is 4.55. The van der Waals surface area contributed by atoms with Crippen molar-refractivity contribution in [3.8, 4) is 11.4 Å². The quantitative estimate of drug-likeness (QED) is 0.402. The fourth-order valence-electron chi connectivity index (χ4n) is 2.83. The third-order valence-electron chi connectivity index (χ3n) is 3.65. The standard InChI is InChI=1S/C14H9N4S/c1-2-9-7-17-8-18-10-3-5-15-6-11(10)19-14(18)13(17)12(9)16-4-1/h1-6,8H,7H2/q+1. The Balaban J connectivity index is 1.97. The first-order valence-electron chi connectivity index (χ1n) is 6.13. The van der Waals surface area contributed by atoms with E-state index in [1.54, 1.807) is 11.3 Å². The van der Waals surface area contributed by atoms with Crippen molar-refractivity contribution < 1.29 is 4.57 Å². The molecule has 0 aromatic carbocycles. The SMILES string of the molecule is c1cnc2c(c1)C[n+]1cn3c(sc4cnccc43)c1-2. The monoisotopic (exact) mass is 265 g/mol. The van der Waals surface area contributed by atoms with Crippen LogP contribution < -0.4 is 4.57 Å². The molecule has 4 nitrogen and oxygen atoms in total. The molecule has 0 spiro atoms. The zero-order valence-electron chi connectivity index (χ0n) is 9.95. The number of hydrogen-bond acceptors (Lipinski definition) is 3. The van der Waals surface area contributed by atoms with Crippen molar-refractivity contribution in [2.24, 2.45) is 0 Å². The Morgan fingerprint density at radius 3 is 3.26 bits per heavy atom. The van der Waals surface area contributed by atoms with Gasteiger partial charge in [-0.15, -0.1) is 0 Å². The molecule has 5 heteroatoms. The second-order valence-corrected chi connectivity index (χ2v) is 5.75. The molecular weight excluding hydrogens is 256 g/mol. The smallest absolute Gasteiger partial charge is 0.251 e. The van der Waals surface area contributed by atoms with Crippen LogP contribution in [0.15, 0.2) is 43.1 Å². The predicted molar refractivity (Wildman–Crippen MR) is 73.1 cm³/mol. The van der Waals surface area contributed by atoms with E-state index in [1.165, 1.54) is 26.3 Å². The number of thiazole rings is 1. The zero-order valence-corrected chi connectivity index (χ0v) is 10.8. The van der Waals surface area contributed by atoms with Crippen LogP contribution >= 0.6 is 11.3 Å². The van der Waals surface area contributed by atoms with E-state index in [4.69, 9.17) is 0 Å². The van der Waals surface area contributed by atoms with Crippen molar-refractivity contribution >= 4 is 26.4 Å². The van der Waals surface area contributed by atoms with Crippen LogP contribution in [-0.2, 0) is 6.54 Å². The fourth-order valence-corrected chi connectivity index (χ4v) is 3.98. The summed E-state index contributed by atoms with van der Waals surface area (Å²) >= 11 is 1.78. The molecule has 5 heterocycles. The lowest BCUT2D eigenvalue weighted by molar-refractivity contribution is -0.671. The molecule has 0 saturated heterocycles. The summed E-state index contributed by atoms with van der Waals surface area (Å²) in [6.07, 6.45) is 7.81. The summed E-state index contributed by atoms with van der Waals surface area (Å²) in [7, 11) is 0. The molecule has 19 heavy (non-hydrogen) atoms. The summed E-state index contributed by atoms with van der Waals surface area (Å²) < 4.78 is 5.74. The third-order valence-corrected chi connectivity index (χ3v) is 4.77. The van der Waals surface area contributed by atoms with Crippen molar-refractivity contribution in [1.29, 1.82) is 0 Å². The maximum absolute atomic E-state index is 4.55. The van der Waals surface area contributed by atoms with Crippen LogP contribution in [0.1, 0.15) is 5.56 Å². The Kier molecular flexibility index (Phi) is 1.62. The van der Waals surface area contributed by atoms with E-state index < -0.39 is 0 Å². The number of hydrogen-bond donors (Lipinski definition) is 0. The van der Waals surface area contributed by atoms with Crippen LogP contribution in [0.2, 0.25) is 0 Å². The van der Waals surface area contributed by atoms with Gasteiger partial charge in [0, 0.05) is 30.2 Å². The summed E-state index contributed by atoms with van der Waals surface area (Å²) in [5.74, 6) is 0. The molecule has 1 aliphatic rings. The number of pyridine rings is 2. The van der Waals surface area contributed by atoms with Gasteiger partial charge in [-0.3, -0.25) is 9.97 Å². The summed E-state index contributed by atoms with van der Waals surface area (Å²) in [6.45, 7) is 0.916. The average molecular weight is 265 g/mol. The molecule has 0 bridgehead atoms. The number of imidazole rings is 1. The highest BCUT2D eigenvalue weighted by Gasteiger charge is 2.31. The van der Waals surface area contributed by atoms with Crippen molar-refractivity contribution in [3.05, 3.63) is 48.7 Å². The van der Waals surface area contributed by atoms with Crippen molar-refractivity contribution in [3.63, 3.8) is 0 Å². The second-order valence-electron chi connectivity index (χ2n) is 4.72. The molecule has 90 valence electrons. The van der Waals surface area contributed by atoms with Crippen LogP contribution in [0.4, 0.5) is 0 Å². The highest BCUT2D eigenvalue weighted by Crippen LogP contribution is 2.35. The molecule has 5 rings (SSSR count). The molecule has 0 unspecified atom stereocenters. The lowest BCUT2D eigenvalue weighted by Crippen LogP contribution is -2.29. The van der Waals surface area contributed by atoms with E-state index >= 15 is 0 Å². The largest absolute Gasteiger partial charge is 0.263 e. The molecule has 0 N–H and O–H groups in total. The van der Waals surface area contributed by atoms with Gasteiger partial charge in [0.05, 0.1) is 4.70 Å². The normalized spacial score (nSPS) is 13.1. The van der Waals surface area contributed by atoms with E-state index in [0.717, 1.165) is 12.2 Å². The topological polar surface area (TPSA) is 34.1 Å². The van der Waals surface area contributed by atoms with Gasteiger partial charge in [0.15, 0.2) is 5.52 Å². The Labute approximate surface area is 112 Å². The maximum Gasteiger partial charge on any atom is 0.251 e. The van der Waals surface area contributed by atoms with Crippen molar-refractivity contribution in [1.82, 2.24) is 14.4 Å². The highest BCUT2D eigenvalue weighted by molar-refractivity contribution is 7.24. The first-order valence-corrected chi connectivity index (χ1v) is 6.95. The Morgan fingerprint density at radius 1 is 1.26 bits per heavy atom. The van der Waals surface area contributed by atoms with Gasteiger partial charge in [-0.2, -0.15) is 4.40 Å². The average Bonchev–Trinajstić information content (AvgIpc) is 3.05. The number of nitrogens with zero attached hydrogens (tertiary/aromatic N) is 4. The summed E-state index contributed by atoms with van der Waals surface area (Å²) in [5.41, 5.74) is 4.87. The minimum atomic E-state index is 0.916. The van der Waals surface area contributed by atoms with E-state index in [9.17, 15) is 0 Å². The van der Waals surface area contributed by atoms with Gasteiger partial charge in [0.1, 0.15) is 12.2 Å². The minimum absolute atomic E-state index is 0.916. The molecule has 4 aromatic heterocycles. The van der Waals surface area contributed by atoms with E-state index in [-0.39, 0.29) is 0 Å². The molecule has 0 aliphatic carbocycles. The minimum Gasteiger partial charge on any atom is -0.263 e. The fraction of sp³-hybridized carbons (Fsp3) is 0.0714. The lowest BCUT2D eigenvalue weighted by Gasteiger charge is -1.91. The van der Waals surface area contributed by atoms with Crippen LogP contribution in [0.5, 0.6) is 0 Å². The second kappa shape index (κ2) is 3.19. The van der Waals surface area contributed by atoms with Crippen LogP contribution in [0, 0.1) is 0 Å². The summed E-state index contributed by atoms with van der Waals surface area (Å²) in [4.78, 5) is 10.0. The number of fused-ring (bicyclic) bond motifs is 7. The zero-order chi connectivity index (χ0) is 12.4. The molecule has 0 amide bonds. The van der Waals surface area contributed by atoms with Gasteiger partial charge in [0.2, 0.25) is 10.5 Å². The van der Waals surface area contributed by atoms with Gasteiger partial charge in [-0.25, -0.2) is 4.57 Å². The molecule has 1 aliphatic heterocycles.